The molecule has 0 aliphatic carbocycles. The van der Waals surface area contributed by atoms with E-state index in [0.29, 0.717) is 5.52 Å². The highest BCUT2D eigenvalue weighted by Gasteiger charge is 2.36. The highest BCUT2D eigenvalue weighted by molar-refractivity contribution is 6.34. The molecule has 2 rings (SSSR count). The summed E-state index contributed by atoms with van der Waals surface area (Å²) in [7, 11) is 1.31. The lowest BCUT2D eigenvalue weighted by Gasteiger charge is -2.05. The van der Waals surface area contributed by atoms with E-state index in [-0.39, 0.29) is 10.5 Å². The van der Waals surface area contributed by atoms with Gasteiger partial charge in [0.15, 0.2) is 0 Å². The molecule has 0 saturated carbocycles. The van der Waals surface area contributed by atoms with Crippen LogP contribution in [0.5, 0.6) is 0 Å². The first-order valence-corrected chi connectivity index (χ1v) is 4.47. The molecule has 1 heterocycles. The molecule has 80 valence electrons. The number of benzene rings is 1. The summed E-state index contributed by atoms with van der Waals surface area (Å²) in [5.41, 5.74) is 0.545. The van der Waals surface area contributed by atoms with Gasteiger partial charge in [-0.1, -0.05) is 17.7 Å². The third-order valence-electron chi connectivity index (χ3n) is 2.12. The normalized spacial score (nSPS) is 12.3. The average molecular weight is 235 g/mol. The fourth-order valence-corrected chi connectivity index (χ4v) is 1.65. The van der Waals surface area contributed by atoms with Crippen LogP contribution in [0.1, 0.15) is 5.82 Å². The second-order valence-electron chi connectivity index (χ2n) is 3.10. The largest absolute Gasteiger partial charge is 0.449 e. The van der Waals surface area contributed by atoms with Gasteiger partial charge >= 0.3 is 6.18 Å². The molecule has 1 aromatic heterocycles. The van der Waals surface area contributed by atoms with Gasteiger partial charge < -0.3 is 4.57 Å². The van der Waals surface area contributed by atoms with Crippen molar-refractivity contribution in [1.82, 2.24) is 9.55 Å². The van der Waals surface area contributed by atoms with Crippen molar-refractivity contribution in [2.45, 2.75) is 6.18 Å². The van der Waals surface area contributed by atoms with E-state index in [9.17, 15) is 13.2 Å². The number of halogens is 4. The first kappa shape index (κ1) is 10.3. The number of alkyl halides is 3. The van der Waals surface area contributed by atoms with Crippen LogP contribution in [-0.4, -0.2) is 9.55 Å². The minimum absolute atomic E-state index is 0.175. The van der Waals surface area contributed by atoms with Gasteiger partial charge in [0.1, 0.15) is 5.52 Å². The SMILES string of the molecule is Cn1c(C(F)(F)F)nc2c(Cl)cccc21. The minimum Gasteiger partial charge on any atom is -0.323 e. The van der Waals surface area contributed by atoms with Gasteiger partial charge in [0, 0.05) is 7.05 Å². The smallest absolute Gasteiger partial charge is 0.323 e. The highest BCUT2D eigenvalue weighted by atomic mass is 35.5. The molecule has 0 N–H and O–H groups in total. The number of hydrogen-bond donors (Lipinski definition) is 0. The van der Waals surface area contributed by atoms with Gasteiger partial charge in [-0.3, -0.25) is 0 Å². The van der Waals surface area contributed by atoms with E-state index >= 15 is 0 Å². The Bertz CT molecular complexity index is 516. The maximum atomic E-state index is 12.5. The van der Waals surface area contributed by atoms with Crippen molar-refractivity contribution >= 4 is 22.6 Å². The molecule has 2 aromatic rings. The van der Waals surface area contributed by atoms with Gasteiger partial charge in [-0.2, -0.15) is 13.2 Å². The predicted molar refractivity (Wildman–Crippen MR) is 50.7 cm³/mol. The van der Waals surface area contributed by atoms with Crippen LogP contribution in [0.4, 0.5) is 13.2 Å². The van der Waals surface area contributed by atoms with Crippen LogP contribution in [0.15, 0.2) is 18.2 Å². The van der Waals surface area contributed by atoms with E-state index in [1.54, 1.807) is 12.1 Å². The van der Waals surface area contributed by atoms with E-state index in [1.165, 1.54) is 13.1 Å². The Labute approximate surface area is 88.3 Å². The zero-order valence-corrected chi connectivity index (χ0v) is 8.39. The molecule has 0 amide bonds. The van der Waals surface area contributed by atoms with Crippen LogP contribution in [0.2, 0.25) is 5.02 Å². The number of rotatable bonds is 0. The summed E-state index contributed by atoms with van der Waals surface area (Å²) in [4.78, 5) is 3.49. The summed E-state index contributed by atoms with van der Waals surface area (Å²) in [6.07, 6.45) is -4.46. The van der Waals surface area contributed by atoms with Gasteiger partial charge in [0.2, 0.25) is 5.82 Å². The van der Waals surface area contributed by atoms with Crippen LogP contribution in [-0.2, 0) is 13.2 Å². The zero-order chi connectivity index (χ0) is 11.2. The molecule has 0 spiro atoms. The number of fused-ring (bicyclic) bond motifs is 1. The summed E-state index contributed by atoms with van der Waals surface area (Å²) >= 11 is 5.75. The number of para-hydroxylation sites is 1. The first-order valence-electron chi connectivity index (χ1n) is 4.09. The second kappa shape index (κ2) is 3.13. The fourth-order valence-electron chi connectivity index (χ4n) is 1.43. The molecule has 15 heavy (non-hydrogen) atoms. The van der Waals surface area contributed by atoms with Gasteiger partial charge in [0.05, 0.1) is 10.5 Å². The topological polar surface area (TPSA) is 17.8 Å². The summed E-state index contributed by atoms with van der Waals surface area (Å²) in [6.45, 7) is 0. The van der Waals surface area contributed by atoms with Gasteiger partial charge in [-0.25, -0.2) is 4.98 Å². The Kier molecular flexibility index (Phi) is 2.15. The number of hydrogen-bond acceptors (Lipinski definition) is 1. The van der Waals surface area contributed by atoms with Crippen LogP contribution in [0.3, 0.4) is 0 Å². The maximum Gasteiger partial charge on any atom is 0.449 e. The quantitative estimate of drug-likeness (QED) is 0.684. The maximum absolute atomic E-state index is 12.5. The molecule has 6 heteroatoms. The molecular formula is C9H6ClF3N2. The molecule has 0 saturated heterocycles. The van der Waals surface area contributed by atoms with Crippen molar-refractivity contribution < 1.29 is 13.2 Å². The van der Waals surface area contributed by atoms with Crippen LogP contribution < -0.4 is 0 Å². The standard InChI is InChI=1S/C9H6ClF3N2/c1-15-6-4-2-3-5(10)7(6)14-8(15)9(11,12)13/h2-4H,1H3. The zero-order valence-electron chi connectivity index (χ0n) is 7.64. The number of nitrogens with zero attached hydrogens (tertiary/aromatic N) is 2. The highest BCUT2D eigenvalue weighted by Crippen LogP contribution is 2.32. The van der Waals surface area contributed by atoms with E-state index in [2.05, 4.69) is 4.98 Å². The lowest BCUT2D eigenvalue weighted by molar-refractivity contribution is -0.146. The minimum atomic E-state index is -4.46. The molecule has 1 aromatic carbocycles. The van der Waals surface area contributed by atoms with E-state index in [1.807, 2.05) is 0 Å². The molecule has 0 radical (unpaired) electrons. The predicted octanol–water partition coefficient (Wildman–Crippen LogP) is 3.25. The summed E-state index contributed by atoms with van der Waals surface area (Å²) < 4.78 is 38.5. The molecule has 0 bridgehead atoms. The van der Waals surface area contributed by atoms with E-state index < -0.39 is 12.0 Å². The first-order chi connectivity index (χ1) is 6.91. The summed E-state index contributed by atoms with van der Waals surface area (Å²) in [5.74, 6) is -0.939. The van der Waals surface area contributed by atoms with E-state index in [0.717, 1.165) is 4.57 Å². The molecular weight excluding hydrogens is 229 g/mol. The molecule has 0 unspecified atom stereocenters. The van der Waals surface area contributed by atoms with Gasteiger partial charge in [0.25, 0.3) is 0 Å². The van der Waals surface area contributed by atoms with Gasteiger partial charge in [-0.05, 0) is 12.1 Å². The molecule has 2 nitrogen and oxygen atoms in total. The second-order valence-corrected chi connectivity index (χ2v) is 3.51. The lowest BCUT2D eigenvalue weighted by Crippen LogP contribution is -2.12. The summed E-state index contributed by atoms with van der Waals surface area (Å²) in [5, 5.41) is 0.221. The van der Waals surface area contributed by atoms with Crippen molar-refractivity contribution in [1.29, 1.82) is 0 Å². The third kappa shape index (κ3) is 1.56. The van der Waals surface area contributed by atoms with Crippen molar-refractivity contribution in [2.75, 3.05) is 0 Å². The monoisotopic (exact) mass is 234 g/mol. The van der Waals surface area contributed by atoms with Crippen molar-refractivity contribution in [2.24, 2.45) is 7.05 Å². The molecule has 0 aliphatic heterocycles. The van der Waals surface area contributed by atoms with Crippen molar-refractivity contribution in [3.63, 3.8) is 0 Å². The Balaban J connectivity index is 2.81. The van der Waals surface area contributed by atoms with Crippen molar-refractivity contribution in [3.8, 4) is 0 Å². The number of imidazole rings is 1. The van der Waals surface area contributed by atoms with Crippen LogP contribution in [0, 0.1) is 0 Å². The number of aryl methyl sites for hydroxylation is 1. The molecule has 0 aliphatic rings. The van der Waals surface area contributed by atoms with Crippen LogP contribution in [0.25, 0.3) is 11.0 Å². The Morgan fingerprint density at radius 2 is 2.00 bits per heavy atom. The summed E-state index contributed by atoms with van der Waals surface area (Å²) in [6, 6.07) is 4.65. The Morgan fingerprint density at radius 1 is 1.33 bits per heavy atom. The Hall–Kier alpha value is -1.23. The van der Waals surface area contributed by atoms with E-state index in [4.69, 9.17) is 11.6 Å². The van der Waals surface area contributed by atoms with Gasteiger partial charge in [-0.15, -0.1) is 0 Å². The molecule has 0 fully saturated rings. The third-order valence-corrected chi connectivity index (χ3v) is 2.42. The van der Waals surface area contributed by atoms with Crippen LogP contribution >= 0.6 is 11.6 Å². The molecule has 0 atom stereocenters. The average Bonchev–Trinajstić information content (AvgIpc) is 2.45. The fraction of sp³-hybridized carbons (Fsp3) is 0.222. The van der Waals surface area contributed by atoms with Crippen molar-refractivity contribution in [3.05, 3.63) is 29.0 Å². The lowest BCUT2D eigenvalue weighted by atomic mass is 10.3. The number of aromatic nitrogens is 2. The Morgan fingerprint density at radius 3 is 2.53 bits per heavy atom.